The maximum Gasteiger partial charge on any atom is 0.166 e. The lowest BCUT2D eigenvalue weighted by Gasteiger charge is -2.26. The molecule has 1 aromatic carbocycles. The van der Waals surface area contributed by atoms with Crippen LogP contribution in [-0.4, -0.2) is 31.3 Å². The van der Waals surface area contributed by atoms with E-state index in [9.17, 15) is 4.79 Å². The average molecular weight is 302 g/mol. The van der Waals surface area contributed by atoms with Gasteiger partial charge in [0.05, 0.1) is 24.5 Å². The first-order valence-electron chi connectivity index (χ1n) is 7.50. The van der Waals surface area contributed by atoms with E-state index in [2.05, 4.69) is 18.3 Å². The highest BCUT2D eigenvalue weighted by Gasteiger charge is 2.32. The molecule has 1 heterocycles. The van der Waals surface area contributed by atoms with Gasteiger partial charge in [0.2, 0.25) is 0 Å². The number of nitriles is 1. The van der Waals surface area contributed by atoms with Gasteiger partial charge in [-0.15, -0.1) is 0 Å². The van der Waals surface area contributed by atoms with Gasteiger partial charge in [-0.05, 0) is 38.0 Å². The first-order valence-corrected chi connectivity index (χ1v) is 7.50. The van der Waals surface area contributed by atoms with Crippen LogP contribution in [0.25, 0.3) is 0 Å². The van der Waals surface area contributed by atoms with Crippen LogP contribution in [-0.2, 0) is 9.47 Å². The number of Topliss-reactive ketones (excluding diaryl/α,β-unsaturated/α-hetero) is 1. The van der Waals surface area contributed by atoms with E-state index in [0.717, 1.165) is 6.42 Å². The highest BCUT2D eigenvalue weighted by Crippen LogP contribution is 2.27. The molecule has 5 nitrogen and oxygen atoms in total. The van der Waals surface area contributed by atoms with Crippen LogP contribution in [0.15, 0.2) is 18.2 Å². The van der Waals surface area contributed by atoms with E-state index in [-0.39, 0.29) is 5.78 Å². The fourth-order valence-corrected chi connectivity index (χ4v) is 2.67. The molecule has 1 aliphatic heterocycles. The van der Waals surface area contributed by atoms with Gasteiger partial charge in [-0.1, -0.05) is 6.92 Å². The van der Waals surface area contributed by atoms with Crippen molar-refractivity contribution in [2.75, 3.05) is 25.1 Å². The number of benzene rings is 1. The Hall–Kier alpha value is -1.90. The van der Waals surface area contributed by atoms with Crippen LogP contribution in [0, 0.1) is 17.2 Å². The minimum absolute atomic E-state index is 0.0131. The molecule has 1 aromatic rings. The van der Waals surface area contributed by atoms with Crippen LogP contribution in [0.1, 0.15) is 43.1 Å². The summed E-state index contributed by atoms with van der Waals surface area (Å²) in [6.07, 6.45) is 0.772. The Balaban J connectivity index is 1.99. The second-order valence-electron chi connectivity index (χ2n) is 5.95. The summed E-state index contributed by atoms with van der Waals surface area (Å²) in [6, 6.07) is 7.23. The number of nitrogens with one attached hydrogen (secondary N) is 1. The molecule has 0 aliphatic carbocycles. The highest BCUT2D eigenvalue weighted by atomic mass is 16.7. The van der Waals surface area contributed by atoms with E-state index in [1.807, 2.05) is 6.92 Å². The third-order valence-electron chi connectivity index (χ3n) is 3.80. The fourth-order valence-electron chi connectivity index (χ4n) is 2.67. The number of hydrogen-bond donors (Lipinski definition) is 1. The molecule has 0 amide bonds. The van der Waals surface area contributed by atoms with Crippen LogP contribution in [0.2, 0.25) is 0 Å². The van der Waals surface area contributed by atoms with Crippen molar-refractivity contribution in [3.8, 4) is 6.07 Å². The summed E-state index contributed by atoms with van der Waals surface area (Å²) in [7, 11) is 0. The van der Waals surface area contributed by atoms with Gasteiger partial charge < -0.3 is 14.8 Å². The lowest BCUT2D eigenvalue weighted by atomic mass is 10.0. The first kappa shape index (κ1) is 16.5. The molecule has 0 aromatic heterocycles. The van der Waals surface area contributed by atoms with Crippen molar-refractivity contribution in [1.82, 2.24) is 0 Å². The number of ether oxygens (including phenoxy) is 2. The summed E-state index contributed by atoms with van der Waals surface area (Å²) in [6.45, 7) is 7.52. The molecule has 0 saturated carbocycles. The van der Waals surface area contributed by atoms with Gasteiger partial charge in [0.25, 0.3) is 0 Å². The number of hydrogen-bond acceptors (Lipinski definition) is 5. The maximum absolute atomic E-state index is 11.5. The highest BCUT2D eigenvalue weighted by molar-refractivity contribution is 5.95. The van der Waals surface area contributed by atoms with Crippen molar-refractivity contribution in [3.05, 3.63) is 29.3 Å². The van der Waals surface area contributed by atoms with Crippen molar-refractivity contribution < 1.29 is 14.3 Å². The van der Waals surface area contributed by atoms with Crippen LogP contribution >= 0.6 is 0 Å². The molecule has 0 radical (unpaired) electrons. The first-order chi connectivity index (χ1) is 10.4. The molecule has 1 unspecified atom stereocenters. The minimum atomic E-state index is -0.514. The maximum atomic E-state index is 11.5. The van der Waals surface area contributed by atoms with Gasteiger partial charge >= 0.3 is 0 Å². The summed E-state index contributed by atoms with van der Waals surface area (Å²) in [5, 5.41) is 12.4. The summed E-state index contributed by atoms with van der Waals surface area (Å²) >= 11 is 0. The van der Waals surface area contributed by atoms with Gasteiger partial charge in [-0.2, -0.15) is 5.26 Å². The molecule has 0 spiro atoms. The van der Waals surface area contributed by atoms with Crippen molar-refractivity contribution in [3.63, 3.8) is 0 Å². The van der Waals surface area contributed by atoms with Gasteiger partial charge in [-0.3, -0.25) is 4.79 Å². The third-order valence-corrected chi connectivity index (χ3v) is 3.80. The number of rotatable bonds is 6. The van der Waals surface area contributed by atoms with Crippen molar-refractivity contribution in [2.24, 2.45) is 5.92 Å². The fraction of sp³-hybridized carbons (Fsp3) is 0.529. The Bertz CT molecular complexity index is 586. The Morgan fingerprint density at radius 3 is 2.73 bits per heavy atom. The summed E-state index contributed by atoms with van der Waals surface area (Å²) in [4.78, 5) is 11.5. The predicted octanol–water partition coefficient (Wildman–Crippen LogP) is 2.96. The molecular weight excluding hydrogens is 280 g/mol. The lowest BCUT2D eigenvalue weighted by molar-refractivity contribution is -0.153. The lowest BCUT2D eigenvalue weighted by Crippen LogP contribution is -2.30. The number of carbonyl (C=O) groups is 1. The summed E-state index contributed by atoms with van der Waals surface area (Å²) < 4.78 is 11.2. The zero-order valence-corrected chi connectivity index (χ0v) is 13.3. The number of carbonyl (C=O) groups excluding carboxylic acids is 1. The molecule has 1 saturated heterocycles. The molecular formula is C17H22N2O3. The Morgan fingerprint density at radius 2 is 2.14 bits per heavy atom. The van der Waals surface area contributed by atoms with Crippen LogP contribution in [0.3, 0.4) is 0 Å². The van der Waals surface area contributed by atoms with Crippen molar-refractivity contribution in [1.29, 1.82) is 5.26 Å². The largest absolute Gasteiger partial charge is 0.384 e. The average Bonchev–Trinajstić information content (AvgIpc) is 2.90. The predicted molar refractivity (Wildman–Crippen MR) is 83.7 cm³/mol. The van der Waals surface area contributed by atoms with Crippen LogP contribution in [0.5, 0.6) is 0 Å². The van der Waals surface area contributed by atoms with Crippen molar-refractivity contribution in [2.45, 2.75) is 33.0 Å². The van der Waals surface area contributed by atoms with E-state index in [1.54, 1.807) is 18.2 Å². The van der Waals surface area contributed by atoms with Gasteiger partial charge in [-0.25, -0.2) is 0 Å². The van der Waals surface area contributed by atoms with E-state index in [1.165, 1.54) is 6.92 Å². The van der Waals surface area contributed by atoms with Crippen LogP contribution < -0.4 is 5.32 Å². The Morgan fingerprint density at radius 1 is 1.45 bits per heavy atom. The monoisotopic (exact) mass is 302 g/mol. The standard InChI is InChI=1S/C17H22N2O3/c1-12(9-17(3)21-6-7-22-17)11-19-16-8-14(13(2)20)4-5-15(16)10-18/h4-5,8,12,19H,6-7,9,11H2,1-3H3. The second-order valence-corrected chi connectivity index (χ2v) is 5.95. The zero-order valence-electron chi connectivity index (χ0n) is 13.3. The number of ketones is 1. The number of anilines is 1. The third kappa shape index (κ3) is 4.06. The Labute approximate surface area is 131 Å². The smallest absolute Gasteiger partial charge is 0.166 e. The quantitative estimate of drug-likeness (QED) is 0.818. The topological polar surface area (TPSA) is 71.4 Å². The molecule has 5 heteroatoms. The molecule has 1 aliphatic rings. The summed E-state index contributed by atoms with van der Waals surface area (Å²) in [5.74, 6) is -0.225. The Kier molecular flexibility index (Phi) is 5.17. The molecule has 0 bridgehead atoms. The van der Waals surface area contributed by atoms with Gasteiger partial charge in [0.15, 0.2) is 11.6 Å². The number of nitrogens with zero attached hydrogens (tertiary/aromatic N) is 1. The molecule has 2 rings (SSSR count). The van der Waals surface area contributed by atoms with E-state index >= 15 is 0 Å². The summed E-state index contributed by atoms with van der Waals surface area (Å²) in [5.41, 5.74) is 1.83. The molecule has 1 atom stereocenters. The van der Waals surface area contributed by atoms with Crippen LogP contribution in [0.4, 0.5) is 5.69 Å². The van der Waals surface area contributed by atoms with E-state index < -0.39 is 5.79 Å². The second kappa shape index (κ2) is 6.91. The normalized spacial score (nSPS) is 17.7. The zero-order chi connectivity index (χ0) is 16.2. The molecule has 118 valence electrons. The molecule has 1 N–H and O–H groups in total. The van der Waals surface area contributed by atoms with Gasteiger partial charge in [0, 0.05) is 18.5 Å². The molecule has 1 fully saturated rings. The molecule has 22 heavy (non-hydrogen) atoms. The minimum Gasteiger partial charge on any atom is -0.384 e. The van der Waals surface area contributed by atoms with E-state index in [4.69, 9.17) is 14.7 Å². The van der Waals surface area contributed by atoms with Gasteiger partial charge in [0.1, 0.15) is 6.07 Å². The SMILES string of the molecule is CC(=O)c1ccc(C#N)c(NCC(C)CC2(C)OCCO2)c1. The van der Waals surface area contributed by atoms with Crippen molar-refractivity contribution >= 4 is 11.5 Å². The van der Waals surface area contributed by atoms with E-state index in [0.29, 0.717) is 42.5 Å².